The van der Waals surface area contributed by atoms with Crippen molar-refractivity contribution in [3.63, 3.8) is 0 Å². The Morgan fingerprint density at radius 3 is 2.62 bits per heavy atom. The van der Waals surface area contributed by atoms with Gasteiger partial charge >= 0.3 is 5.69 Å². The maximum Gasteiger partial charge on any atom is 0.362 e. The molecule has 0 aliphatic carbocycles. The number of aromatic amines is 1. The van der Waals surface area contributed by atoms with Crippen LogP contribution in [0.4, 0.5) is 0 Å². The number of nitrogens with one attached hydrogen (secondary N) is 1. The van der Waals surface area contributed by atoms with Crippen LogP contribution >= 0.6 is 0 Å². The van der Waals surface area contributed by atoms with Gasteiger partial charge in [0.2, 0.25) is 0 Å². The summed E-state index contributed by atoms with van der Waals surface area (Å²) in [6.07, 6.45) is 0. The summed E-state index contributed by atoms with van der Waals surface area (Å²) in [5, 5.41) is 3.54. The van der Waals surface area contributed by atoms with Crippen molar-refractivity contribution in [2.75, 3.05) is 5.84 Å². The van der Waals surface area contributed by atoms with Gasteiger partial charge in [-0.25, -0.2) is 4.79 Å². The molecule has 0 amide bonds. The number of rotatable bonds is 0. The van der Waals surface area contributed by atoms with Crippen LogP contribution in [0, 0.1) is 6.92 Å². The summed E-state index contributed by atoms with van der Waals surface area (Å²) in [6, 6.07) is 0. The van der Waals surface area contributed by atoms with Crippen molar-refractivity contribution in [1.29, 1.82) is 0 Å². The molecule has 0 atom stereocenters. The standard InChI is InChI=1S/C3H6N4O/c1-2-5-3(8)7(4)6-2/h4H2,1H3,(H,5,6,8). The Kier molecular flexibility index (Phi) is 0.831. The van der Waals surface area contributed by atoms with Gasteiger partial charge in [-0.05, 0) is 6.92 Å². The summed E-state index contributed by atoms with van der Waals surface area (Å²) >= 11 is 0. The van der Waals surface area contributed by atoms with Gasteiger partial charge in [0.1, 0.15) is 5.82 Å². The Balaban J connectivity index is 3.35. The Hall–Kier alpha value is -1.26. The minimum absolute atomic E-state index is 0.387. The third kappa shape index (κ3) is 0.575. The second-order valence-electron chi connectivity index (χ2n) is 1.46. The van der Waals surface area contributed by atoms with Crippen LogP contribution in [-0.2, 0) is 0 Å². The van der Waals surface area contributed by atoms with E-state index in [1.807, 2.05) is 0 Å². The van der Waals surface area contributed by atoms with Gasteiger partial charge in [0, 0.05) is 0 Å². The van der Waals surface area contributed by atoms with Gasteiger partial charge < -0.3 is 5.84 Å². The first-order valence-electron chi connectivity index (χ1n) is 2.11. The van der Waals surface area contributed by atoms with E-state index in [9.17, 15) is 4.79 Å². The molecule has 5 heteroatoms. The quantitative estimate of drug-likeness (QED) is 0.407. The van der Waals surface area contributed by atoms with E-state index in [1.165, 1.54) is 0 Å². The number of H-pyrrole nitrogens is 1. The fraction of sp³-hybridized carbons (Fsp3) is 0.333. The highest BCUT2D eigenvalue weighted by Crippen LogP contribution is 1.70. The van der Waals surface area contributed by atoms with Gasteiger partial charge in [0.15, 0.2) is 0 Å². The zero-order chi connectivity index (χ0) is 6.15. The zero-order valence-corrected chi connectivity index (χ0v) is 4.38. The maximum absolute atomic E-state index is 10.4. The predicted octanol–water partition coefficient (Wildman–Crippen LogP) is -1.41. The predicted molar refractivity (Wildman–Crippen MR) is 27.7 cm³/mol. The molecule has 0 spiro atoms. The molecular formula is C3H6N4O. The maximum atomic E-state index is 10.4. The first kappa shape index (κ1) is 4.89. The van der Waals surface area contributed by atoms with Crippen LogP contribution in [0.2, 0.25) is 0 Å². The third-order valence-electron chi connectivity index (χ3n) is 0.754. The van der Waals surface area contributed by atoms with E-state index in [0.29, 0.717) is 5.82 Å². The zero-order valence-electron chi connectivity index (χ0n) is 4.38. The number of hydrogen-bond donors (Lipinski definition) is 2. The molecule has 0 bridgehead atoms. The highest BCUT2D eigenvalue weighted by Gasteiger charge is 1.91. The first-order chi connectivity index (χ1) is 3.70. The molecule has 1 aromatic heterocycles. The summed E-state index contributed by atoms with van der Waals surface area (Å²) in [5.41, 5.74) is -0.387. The van der Waals surface area contributed by atoms with E-state index >= 15 is 0 Å². The van der Waals surface area contributed by atoms with E-state index < -0.39 is 0 Å². The average molecular weight is 114 g/mol. The Morgan fingerprint density at radius 1 is 1.88 bits per heavy atom. The molecule has 0 saturated heterocycles. The smallest absolute Gasteiger partial charge is 0.318 e. The number of nitrogens with zero attached hydrogens (tertiary/aromatic N) is 2. The topological polar surface area (TPSA) is 76.7 Å². The summed E-state index contributed by atoms with van der Waals surface area (Å²) in [4.78, 5) is 13.5. The summed E-state index contributed by atoms with van der Waals surface area (Å²) in [7, 11) is 0. The third-order valence-corrected chi connectivity index (χ3v) is 0.754. The van der Waals surface area contributed by atoms with E-state index in [1.54, 1.807) is 6.92 Å². The van der Waals surface area contributed by atoms with Crippen LogP contribution in [0.3, 0.4) is 0 Å². The molecule has 0 unspecified atom stereocenters. The van der Waals surface area contributed by atoms with E-state index in [2.05, 4.69) is 10.1 Å². The largest absolute Gasteiger partial charge is 0.362 e. The first-order valence-corrected chi connectivity index (χ1v) is 2.11. The van der Waals surface area contributed by atoms with Crippen molar-refractivity contribution < 1.29 is 0 Å². The highest BCUT2D eigenvalue weighted by molar-refractivity contribution is 4.74. The molecule has 44 valence electrons. The minimum Gasteiger partial charge on any atom is -0.318 e. The van der Waals surface area contributed by atoms with Crippen LogP contribution in [0.15, 0.2) is 4.79 Å². The van der Waals surface area contributed by atoms with Crippen LogP contribution < -0.4 is 11.5 Å². The second-order valence-corrected chi connectivity index (χ2v) is 1.46. The Bertz CT molecular complexity index is 234. The lowest BCUT2D eigenvalue weighted by molar-refractivity contribution is 0.787. The van der Waals surface area contributed by atoms with Crippen molar-refractivity contribution >= 4 is 0 Å². The summed E-state index contributed by atoms with van der Waals surface area (Å²) in [5.74, 6) is 5.53. The Labute approximate surface area is 45.1 Å². The Morgan fingerprint density at radius 2 is 2.50 bits per heavy atom. The normalized spacial score (nSPS) is 9.62. The highest BCUT2D eigenvalue weighted by atomic mass is 16.2. The fourth-order valence-electron chi connectivity index (χ4n) is 0.444. The molecule has 5 nitrogen and oxygen atoms in total. The van der Waals surface area contributed by atoms with Gasteiger partial charge in [-0.2, -0.15) is 0 Å². The summed E-state index contributed by atoms with van der Waals surface area (Å²) in [6.45, 7) is 1.66. The van der Waals surface area contributed by atoms with Gasteiger partial charge in [-0.1, -0.05) is 0 Å². The molecule has 0 aliphatic heterocycles. The van der Waals surface area contributed by atoms with Crippen molar-refractivity contribution in [2.45, 2.75) is 6.92 Å². The lowest BCUT2D eigenvalue weighted by Crippen LogP contribution is -2.25. The minimum atomic E-state index is -0.387. The molecule has 0 fully saturated rings. The van der Waals surface area contributed by atoms with Crippen molar-refractivity contribution in [1.82, 2.24) is 14.9 Å². The van der Waals surface area contributed by atoms with E-state index in [4.69, 9.17) is 5.84 Å². The molecule has 8 heavy (non-hydrogen) atoms. The lowest BCUT2D eigenvalue weighted by atomic mass is 10.8. The van der Waals surface area contributed by atoms with Gasteiger partial charge in [-0.15, -0.1) is 9.89 Å². The van der Waals surface area contributed by atoms with Crippen molar-refractivity contribution in [2.24, 2.45) is 0 Å². The molecule has 0 aromatic carbocycles. The number of nitrogens with two attached hydrogens (primary N) is 1. The van der Waals surface area contributed by atoms with E-state index in [-0.39, 0.29) is 5.69 Å². The number of aromatic nitrogens is 3. The molecule has 1 heterocycles. The average Bonchev–Trinajstić information content (AvgIpc) is 1.85. The lowest BCUT2D eigenvalue weighted by Gasteiger charge is -1.77. The fourth-order valence-corrected chi connectivity index (χ4v) is 0.444. The molecule has 0 saturated carbocycles. The monoisotopic (exact) mass is 114 g/mol. The van der Waals surface area contributed by atoms with E-state index in [0.717, 1.165) is 4.79 Å². The SMILES string of the molecule is Cc1nn(N)c(=O)[nH]1. The molecule has 0 radical (unpaired) electrons. The number of aryl methyl sites for hydroxylation is 1. The molecular weight excluding hydrogens is 108 g/mol. The molecule has 0 aliphatic rings. The molecule has 1 rings (SSSR count). The van der Waals surface area contributed by atoms with Crippen LogP contribution in [0.1, 0.15) is 5.82 Å². The van der Waals surface area contributed by atoms with Gasteiger partial charge in [0.05, 0.1) is 0 Å². The number of hydrogen-bond acceptors (Lipinski definition) is 3. The van der Waals surface area contributed by atoms with Crippen LogP contribution in [0.5, 0.6) is 0 Å². The van der Waals surface area contributed by atoms with Crippen molar-refractivity contribution in [3.8, 4) is 0 Å². The second kappa shape index (κ2) is 1.36. The number of nitrogen functional groups attached to an aromatic ring is 1. The van der Waals surface area contributed by atoms with Crippen LogP contribution in [-0.4, -0.2) is 14.9 Å². The van der Waals surface area contributed by atoms with Crippen LogP contribution in [0.25, 0.3) is 0 Å². The van der Waals surface area contributed by atoms with Crippen molar-refractivity contribution in [3.05, 3.63) is 16.3 Å². The van der Waals surface area contributed by atoms with Gasteiger partial charge in [0.25, 0.3) is 0 Å². The summed E-state index contributed by atoms with van der Waals surface area (Å²) < 4.78 is 0. The molecule has 1 aromatic rings. The van der Waals surface area contributed by atoms with Gasteiger partial charge in [-0.3, -0.25) is 4.98 Å². The molecule has 3 N–H and O–H groups in total.